The zero-order chi connectivity index (χ0) is 19.1. The van der Waals surface area contributed by atoms with E-state index in [9.17, 15) is 4.79 Å². The molecular weight excluding hydrogens is 360 g/mol. The van der Waals surface area contributed by atoms with Crippen molar-refractivity contribution in [3.05, 3.63) is 29.3 Å². The van der Waals surface area contributed by atoms with Crippen molar-refractivity contribution in [1.82, 2.24) is 10.2 Å². The van der Waals surface area contributed by atoms with E-state index < -0.39 is 0 Å². The molecule has 1 saturated heterocycles. The first-order valence-corrected chi connectivity index (χ1v) is 10.4. The number of halogens is 1. The summed E-state index contributed by atoms with van der Waals surface area (Å²) in [6, 6.07) is 10.3. The number of nitrogens with zero attached hydrogens (tertiary/aromatic N) is 3. The number of benzene rings is 1. The standard InChI is InChI=1S/C21H29ClN4O/c22-18-2-1-3-20(16-18)26-14-12-25(13-15-26)11-9-17-4-6-19(7-5-17)24-21(27)8-10-23/h1-3,16-17,19H,4-9,11-15H2,(H,24,27). The van der Waals surface area contributed by atoms with Crippen LogP contribution in [0.5, 0.6) is 0 Å². The molecule has 1 N–H and O–H groups in total. The molecule has 2 fully saturated rings. The molecule has 0 radical (unpaired) electrons. The van der Waals surface area contributed by atoms with Crippen LogP contribution >= 0.6 is 11.6 Å². The summed E-state index contributed by atoms with van der Waals surface area (Å²) < 4.78 is 0. The molecule has 1 saturated carbocycles. The second-order valence-electron chi connectivity index (χ2n) is 7.72. The van der Waals surface area contributed by atoms with Crippen molar-refractivity contribution in [2.45, 2.75) is 44.6 Å². The number of carbonyl (C=O) groups is 1. The smallest absolute Gasteiger partial charge is 0.234 e. The molecule has 1 heterocycles. The first-order chi connectivity index (χ1) is 13.1. The average molecular weight is 389 g/mol. The molecule has 1 aromatic carbocycles. The number of amides is 1. The molecule has 5 nitrogen and oxygen atoms in total. The predicted octanol–water partition coefficient (Wildman–Crippen LogP) is 3.44. The van der Waals surface area contributed by atoms with Gasteiger partial charge in [0.05, 0.1) is 6.07 Å². The molecule has 0 atom stereocenters. The summed E-state index contributed by atoms with van der Waals surface area (Å²) in [7, 11) is 0. The van der Waals surface area contributed by atoms with Gasteiger partial charge in [0.25, 0.3) is 0 Å². The third-order valence-corrected chi connectivity index (χ3v) is 6.09. The molecule has 1 amide bonds. The Balaban J connectivity index is 1.33. The lowest BCUT2D eigenvalue weighted by molar-refractivity contribution is -0.121. The number of nitrogens with one attached hydrogen (secondary N) is 1. The number of hydrogen-bond donors (Lipinski definition) is 1. The van der Waals surface area contributed by atoms with E-state index in [2.05, 4.69) is 21.2 Å². The maximum absolute atomic E-state index is 11.5. The molecule has 6 heteroatoms. The fraction of sp³-hybridized carbons (Fsp3) is 0.619. The Hall–Kier alpha value is -1.77. The van der Waals surface area contributed by atoms with Crippen LogP contribution in [0, 0.1) is 17.2 Å². The fourth-order valence-corrected chi connectivity index (χ4v) is 4.40. The lowest BCUT2D eigenvalue weighted by atomic mass is 9.84. The lowest BCUT2D eigenvalue weighted by Gasteiger charge is -2.37. The Kier molecular flexibility index (Phi) is 7.37. The van der Waals surface area contributed by atoms with E-state index in [1.165, 1.54) is 31.5 Å². The van der Waals surface area contributed by atoms with Gasteiger partial charge in [0.15, 0.2) is 0 Å². The van der Waals surface area contributed by atoms with Crippen molar-refractivity contribution >= 4 is 23.2 Å². The van der Waals surface area contributed by atoms with Gasteiger partial charge in [-0.15, -0.1) is 0 Å². The first kappa shape index (κ1) is 20.0. The van der Waals surface area contributed by atoms with Crippen LogP contribution in [0.1, 0.15) is 38.5 Å². The van der Waals surface area contributed by atoms with E-state index in [1.807, 2.05) is 24.3 Å². The molecule has 0 spiro atoms. The van der Waals surface area contributed by atoms with Crippen LogP contribution in [-0.2, 0) is 4.79 Å². The van der Waals surface area contributed by atoms with Gasteiger partial charge in [-0.25, -0.2) is 0 Å². The highest BCUT2D eigenvalue weighted by Gasteiger charge is 2.24. The van der Waals surface area contributed by atoms with E-state index in [0.29, 0.717) is 0 Å². The van der Waals surface area contributed by atoms with E-state index in [1.54, 1.807) is 0 Å². The van der Waals surface area contributed by atoms with Gasteiger partial charge in [-0.2, -0.15) is 5.26 Å². The minimum atomic E-state index is -0.126. The highest BCUT2D eigenvalue weighted by molar-refractivity contribution is 6.30. The molecular formula is C21H29ClN4O. The normalized spacial score (nSPS) is 23.6. The zero-order valence-corrected chi connectivity index (χ0v) is 16.6. The molecule has 0 aromatic heterocycles. The van der Waals surface area contributed by atoms with Crippen molar-refractivity contribution in [2.75, 3.05) is 37.6 Å². The minimum Gasteiger partial charge on any atom is -0.369 e. The van der Waals surface area contributed by atoms with Crippen molar-refractivity contribution < 1.29 is 4.79 Å². The molecule has 0 bridgehead atoms. The molecule has 27 heavy (non-hydrogen) atoms. The summed E-state index contributed by atoms with van der Waals surface area (Å²) in [6.07, 6.45) is 5.67. The van der Waals surface area contributed by atoms with Gasteiger partial charge in [0.2, 0.25) is 5.91 Å². The Bertz CT molecular complexity index is 658. The van der Waals surface area contributed by atoms with E-state index in [-0.39, 0.29) is 18.4 Å². The second kappa shape index (κ2) is 9.96. The van der Waals surface area contributed by atoms with Crippen LogP contribution in [0.2, 0.25) is 5.02 Å². The fourth-order valence-electron chi connectivity index (χ4n) is 4.21. The van der Waals surface area contributed by atoms with Crippen LogP contribution in [0.3, 0.4) is 0 Å². The van der Waals surface area contributed by atoms with Crippen molar-refractivity contribution in [3.63, 3.8) is 0 Å². The van der Waals surface area contributed by atoms with Crippen molar-refractivity contribution in [2.24, 2.45) is 5.92 Å². The quantitative estimate of drug-likeness (QED) is 0.810. The van der Waals surface area contributed by atoms with Gasteiger partial charge < -0.3 is 10.2 Å². The van der Waals surface area contributed by atoms with E-state index in [0.717, 1.165) is 50.0 Å². The van der Waals surface area contributed by atoms with Gasteiger partial charge in [-0.3, -0.25) is 9.69 Å². The summed E-state index contributed by atoms with van der Waals surface area (Å²) in [5.74, 6) is 0.638. The van der Waals surface area contributed by atoms with Crippen molar-refractivity contribution in [1.29, 1.82) is 5.26 Å². The molecule has 0 unspecified atom stereocenters. The number of hydrogen-bond acceptors (Lipinski definition) is 4. The topological polar surface area (TPSA) is 59.4 Å². The van der Waals surface area contributed by atoms with Gasteiger partial charge in [0, 0.05) is 42.9 Å². The van der Waals surface area contributed by atoms with Gasteiger partial charge in [0.1, 0.15) is 6.42 Å². The minimum absolute atomic E-state index is 0.0267. The summed E-state index contributed by atoms with van der Waals surface area (Å²) in [5, 5.41) is 12.4. The first-order valence-electron chi connectivity index (χ1n) is 10.0. The lowest BCUT2D eigenvalue weighted by Crippen LogP contribution is -2.47. The zero-order valence-electron chi connectivity index (χ0n) is 15.9. The SMILES string of the molecule is N#CCC(=O)NC1CCC(CCN2CCN(c3cccc(Cl)c3)CC2)CC1. The number of carbonyl (C=O) groups excluding carboxylic acids is 1. The predicted molar refractivity (Wildman–Crippen MR) is 109 cm³/mol. The second-order valence-corrected chi connectivity index (χ2v) is 8.15. The van der Waals surface area contributed by atoms with Crippen LogP contribution in [0.15, 0.2) is 24.3 Å². The number of anilines is 1. The van der Waals surface area contributed by atoms with Gasteiger partial charge in [-0.05, 0) is 62.8 Å². The van der Waals surface area contributed by atoms with Crippen LogP contribution in [0.4, 0.5) is 5.69 Å². The third-order valence-electron chi connectivity index (χ3n) is 5.85. The summed E-state index contributed by atoms with van der Waals surface area (Å²) in [6.45, 7) is 5.48. The van der Waals surface area contributed by atoms with Crippen LogP contribution in [0.25, 0.3) is 0 Å². The Morgan fingerprint density at radius 1 is 1.19 bits per heavy atom. The number of piperazine rings is 1. The molecule has 1 aliphatic carbocycles. The highest BCUT2D eigenvalue weighted by Crippen LogP contribution is 2.27. The maximum Gasteiger partial charge on any atom is 0.234 e. The summed E-state index contributed by atoms with van der Waals surface area (Å²) in [5.41, 5.74) is 1.22. The molecule has 3 rings (SSSR count). The number of nitriles is 1. The van der Waals surface area contributed by atoms with Crippen molar-refractivity contribution in [3.8, 4) is 6.07 Å². The summed E-state index contributed by atoms with van der Waals surface area (Å²) in [4.78, 5) is 16.5. The largest absolute Gasteiger partial charge is 0.369 e. The highest BCUT2D eigenvalue weighted by atomic mass is 35.5. The van der Waals surface area contributed by atoms with Crippen LogP contribution < -0.4 is 10.2 Å². The third kappa shape index (κ3) is 6.12. The van der Waals surface area contributed by atoms with E-state index >= 15 is 0 Å². The Labute approximate surface area is 167 Å². The van der Waals surface area contributed by atoms with Gasteiger partial charge >= 0.3 is 0 Å². The average Bonchev–Trinajstić information content (AvgIpc) is 2.68. The maximum atomic E-state index is 11.5. The molecule has 1 aliphatic heterocycles. The van der Waals surface area contributed by atoms with Gasteiger partial charge in [-0.1, -0.05) is 17.7 Å². The number of rotatable bonds is 6. The molecule has 2 aliphatic rings. The molecule has 146 valence electrons. The molecule has 1 aromatic rings. The summed E-state index contributed by atoms with van der Waals surface area (Å²) >= 11 is 6.11. The Morgan fingerprint density at radius 3 is 2.59 bits per heavy atom. The van der Waals surface area contributed by atoms with Crippen LogP contribution in [-0.4, -0.2) is 49.6 Å². The monoisotopic (exact) mass is 388 g/mol. The Morgan fingerprint density at radius 2 is 1.93 bits per heavy atom. The van der Waals surface area contributed by atoms with E-state index in [4.69, 9.17) is 16.9 Å².